The number of halogens is 9. The van der Waals surface area contributed by atoms with Gasteiger partial charge in [0, 0.05) is 7.05 Å². The molecule has 1 aromatic heterocycles. The SMILES string of the molecule is Cn1c(C(F)(F)C(F)(F)C(F)(F)C(F)(F)F)n[nH]c1=S. The molecule has 0 bridgehead atoms. The molecule has 0 radical (unpaired) electrons. The van der Waals surface area contributed by atoms with E-state index in [1.807, 2.05) is 0 Å². The number of alkyl halides is 9. The van der Waals surface area contributed by atoms with Crippen LogP contribution >= 0.6 is 12.2 Å². The van der Waals surface area contributed by atoms with E-state index in [0.29, 0.717) is 7.05 Å². The summed E-state index contributed by atoms with van der Waals surface area (Å²) in [5.74, 6) is -21.7. The van der Waals surface area contributed by atoms with Crippen molar-refractivity contribution in [2.45, 2.75) is 23.9 Å². The highest BCUT2D eigenvalue weighted by Gasteiger charge is 2.83. The van der Waals surface area contributed by atoms with E-state index in [2.05, 4.69) is 17.3 Å². The molecule has 1 N–H and O–H groups in total. The molecule has 0 saturated heterocycles. The second-order valence-electron chi connectivity index (χ2n) is 3.63. The minimum absolute atomic E-state index is 0.0652. The first-order chi connectivity index (χ1) is 8.68. The molecule has 0 amide bonds. The lowest BCUT2D eigenvalue weighted by Gasteiger charge is -2.32. The van der Waals surface area contributed by atoms with Crippen LogP contribution in [0.15, 0.2) is 0 Å². The molecular formula is C7H4F9N3S. The number of nitrogens with one attached hydrogen (secondary N) is 1. The molecule has 0 aliphatic rings. The summed E-state index contributed by atoms with van der Waals surface area (Å²) in [6, 6.07) is 0. The van der Waals surface area contributed by atoms with Crippen LogP contribution in [0, 0.1) is 4.77 Å². The molecule has 116 valence electrons. The van der Waals surface area contributed by atoms with Crippen LogP contribution in [0.3, 0.4) is 0 Å². The summed E-state index contributed by atoms with van der Waals surface area (Å²) in [5.41, 5.74) is 0. The van der Waals surface area contributed by atoms with Gasteiger partial charge in [-0.1, -0.05) is 0 Å². The normalized spacial score (nSPS) is 14.7. The quantitative estimate of drug-likeness (QED) is 0.679. The van der Waals surface area contributed by atoms with Gasteiger partial charge < -0.3 is 4.57 Å². The number of aromatic nitrogens is 3. The molecular weight excluding hydrogens is 329 g/mol. The molecule has 1 heterocycles. The number of H-pyrrole nitrogens is 1. The van der Waals surface area contributed by atoms with Crippen molar-refractivity contribution >= 4 is 12.2 Å². The van der Waals surface area contributed by atoms with Gasteiger partial charge in [0.15, 0.2) is 4.77 Å². The molecule has 3 nitrogen and oxygen atoms in total. The van der Waals surface area contributed by atoms with Crippen molar-refractivity contribution < 1.29 is 39.5 Å². The Bertz CT molecular complexity index is 555. The van der Waals surface area contributed by atoms with Gasteiger partial charge >= 0.3 is 23.9 Å². The Labute approximate surface area is 109 Å². The Morgan fingerprint density at radius 3 is 1.70 bits per heavy atom. The summed E-state index contributed by atoms with van der Waals surface area (Å²) in [4.78, 5) is 0. The van der Waals surface area contributed by atoms with Gasteiger partial charge in [0.05, 0.1) is 0 Å². The fourth-order valence-electron chi connectivity index (χ4n) is 1.14. The molecule has 0 aromatic carbocycles. The van der Waals surface area contributed by atoms with Crippen molar-refractivity contribution in [3.05, 3.63) is 10.6 Å². The Kier molecular flexibility index (Phi) is 3.66. The van der Waals surface area contributed by atoms with E-state index in [1.54, 1.807) is 5.10 Å². The summed E-state index contributed by atoms with van der Waals surface area (Å²) >= 11 is 4.29. The monoisotopic (exact) mass is 333 g/mol. The van der Waals surface area contributed by atoms with Gasteiger partial charge in [0.1, 0.15) is 0 Å². The van der Waals surface area contributed by atoms with Crippen molar-refractivity contribution in [3.8, 4) is 0 Å². The van der Waals surface area contributed by atoms with Crippen molar-refractivity contribution in [1.29, 1.82) is 0 Å². The third kappa shape index (κ3) is 2.07. The Balaban J connectivity index is 3.47. The van der Waals surface area contributed by atoms with Gasteiger partial charge in [-0.3, -0.25) is 5.10 Å². The first kappa shape index (κ1) is 16.8. The molecule has 0 saturated carbocycles. The number of hydrogen-bond acceptors (Lipinski definition) is 2. The molecule has 0 atom stereocenters. The van der Waals surface area contributed by atoms with E-state index >= 15 is 0 Å². The summed E-state index contributed by atoms with van der Waals surface area (Å²) in [5, 5.41) is 4.15. The van der Waals surface area contributed by atoms with Crippen LogP contribution in [-0.4, -0.2) is 32.8 Å². The highest BCUT2D eigenvalue weighted by molar-refractivity contribution is 7.71. The average molecular weight is 333 g/mol. The lowest BCUT2D eigenvalue weighted by Crippen LogP contribution is -2.60. The lowest BCUT2D eigenvalue weighted by molar-refractivity contribution is -0.401. The molecule has 0 aliphatic heterocycles. The van der Waals surface area contributed by atoms with Crippen LogP contribution in [0.2, 0.25) is 0 Å². The lowest BCUT2D eigenvalue weighted by atomic mass is 10.0. The van der Waals surface area contributed by atoms with E-state index in [1.165, 1.54) is 0 Å². The molecule has 0 unspecified atom stereocenters. The van der Waals surface area contributed by atoms with Crippen molar-refractivity contribution in [2.75, 3.05) is 0 Å². The second-order valence-corrected chi connectivity index (χ2v) is 4.02. The molecule has 1 aromatic rings. The van der Waals surface area contributed by atoms with E-state index in [4.69, 9.17) is 0 Å². The summed E-state index contributed by atoms with van der Waals surface area (Å²) in [6.07, 6.45) is -6.87. The van der Waals surface area contributed by atoms with Crippen LogP contribution in [-0.2, 0) is 13.0 Å². The number of rotatable bonds is 3. The maximum Gasteiger partial charge on any atom is 0.460 e. The van der Waals surface area contributed by atoms with Crippen molar-refractivity contribution in [2.24, 2.45) is 7.05 Å². The van der Waals surface area contributed by atoms with E-state index in [0.717, 1.165) is 0 Å². The standard InChI is InChI=1S/C7H4F9N3S/c1-19-2(17-18-3(19)20)4(8,9)5(10,11)6(12,13)7(14,15)16/h1H3,(H,18,20). The molecule has 0 fully saturated rings. The summed E-state index contributed by atoms with van der Waals surface area (Å²) in [6.45, 7) is 0. The topological polar surface area (TPSA) is 33.6 Å². The Hall–Kier alpha value is -1.27. The first-order valence-corrected chi connectivity index (χ1v) is 4.90. The molecule has 0 spiro atoms. The van der Waals surface area contributed by atoms with Gasteiger partial charge in [-0.2, -0.15) is 44.6 Å². The molecule has 13 heteroatoms. The summed E-state index contributed by atoms with van der Waals surface area (Å²) < 4.78 is 113. The smallest absolute Gasteiger partial charge is 0.302 e. The van der Waals surface area contributed by atoms with Crippen molar-refractivity contribution in [3.63, 3.8) is 0 Å². The zero-order valence-corrected chi connectivity index (χ0v) is 10.0. The second kappa shape index (κ2) is 4.36. The number of nitrogens with zero attached hydrogens (tertiary/aromatic N) is 2. The van der Waals surface area contributed by atoms with Crippen LogP contribution in [0.4, 0.5) is 39.5 Å². The fraction of sp³-hybridized carbons (Fsp3) is 0.714. The predicted molar refractivity (Wildman–Crippen MR) is 48.2 cm³/mol. The van der Waals surface area contributed by atoms with Gasteiger partial charge in [-0.15, -0.1) is 0 Å². The van der Waals surface area contributed by atoms with Gasteiger partial charge in [-0.25, -0.2) is 0 Å². The van der Waals surface area contributed by atoms with E-state index in [9.17, 15) is 39.5 Å². The minimum Gasteiger partial charge on any atom is -0.302 e. The predicted octanol–water partition coefficient (Wildman–Crippen LogP) is 3.40. The van der Waals surface area contributed by atoms with Crippen LogP contribution in [0.25, 0.3) is 0 Å². The highest BCUT2D eigenvalue weighted by Crippen LogP contribution is 2.56. The molecule has 20 heavy (non-hydrogen) atoms. The maximum absolute atomic E-state index is 13.4. The van der Waals surface area contributed by atoms with Gasteiger partial charge in [-0.05, 0) is 12.2 Å². The largest absolute Gasteiger partial charge is 0.460 e. The highest BCUT2D eigenvalue weighted by atomic mass is 32.1. The minimum atomic E-state index is -6.96. The van der Waals surface area contributed by atoms with Gasteiger partial charge in [0.25, 0.3) is 0 Å². The van der Waals surface area contributed by atoms with Crippen LogP contribution in [0.5, 0.6) is 0 Å². The third-order valence-electron chi connectivity index (χ3n) is 2.31. The first-order valence-electron chi connectivity index (χ1n) is 4.50. The number of aromatic amines is 1. The zero-order chi connectivity index (χ0) is 16.1. The van der Waals surface area contributed by atoms with Crippen molar-refractivity contribution in [1.82, 2.24) is 14.8 Å². The van der Waals surface area contributed by atoms with Crippen LogP contribution < -0.4 is 0 Å². The van der Waals surface area contributed by atoms with E-state index in [-0.39, 0.29) is 4.57 Å². The summed E-state index contributed by atoms with van der Waals surface area (Å²) in [7, 11) is 0.650. The molecule has 0 aliphatic carbocycles. The Morgan fingerprint density at radius 1 is 0.950 bits per heavy atom. The third-order valence-corrected chi connectivity index (χ3v) is 2.67. The van der Waals surface area contributed by atoms with E-state index < -0.39 is 34.5 Å². The number of hydrogen-bond donors (Lipinski definition) is 1. The van der Waals surface area contributed by atoms with Crippen LogP contribution in [0.1, 0.15) is 5.82 Å². The Morgan fingerprint density at radius 2 is 1.40 bits per heavy atom. The fourth-order valence-corrected chi connectivity index (χ4v) is 1.28. The zero-order valence-electron chi connectivity index (χ0n) is 9.20. The van der Waals surface area contributed by atoms with Gasteiger partial charge in [0.2, 0.25) is 5.82 Å². The average Bonchev–Trinajstić information content (AvgIpc) is 2.57. The molecule has 1 rings (SSSR count). The maximum atomic E-state index is 13.4.